The molecule has 0 radical (unpaired) electrons. The Morgan fingerprint density at radius 2 is 1.95 bits per heavy atom. The zero-order chi connectivity index (χ0) is 14.1. The standard InChI is InChI=1S/C15H20ClFO2/c1-3-5-6-7-11-19-13-9-8-12(18-10-4-2)14(16)15(13)17/h4,8-9H,2-3,5-7,10-11H2,1H3. The highest BCUT2D eigenvalue weighted by atomic mass is 35.5. The van der Waals surface area contributed by atoms with Crippen LogP contribution in [0.2, 0.25) is 5.02 Å². The van der Waals surface area contributed by atoms with Crippen LogP contribution in [0.15, 0.2) is 24.8 Å². The average Bonchev–Trinajstić information content (AvgIpc) is 2.42. The van der Waals surface area contributed by atoms with Gasteiger partial charge in [0, 0.05) is 0 Å². The van der Waals surface area contributed by atoms with Gasteiger partial charge in [-0.05, 0) is 18.6 Å². The van der Waals surface area contributed by atoms with Gasteiger partial charge in [0.2, 0.25) is 0 Å². The summed E-state index contributed by atoms with van der Waals surface area (Å²) in [6.07, 6.45) is 5.91. The van der Waals surface area contributed by atoms with Gasteiger partial charge in [-0.15, -0.1) is 0 Å². The second kappa shape index (κ2) is 8.81. The lowest BCUT2D eigenvalue weighted by Crippen LogP contribution is -2.01. The van der Waals surface area contributed by atoms with Crippen molar-refractivity contribution >= 4 is 11.6 Å². The molecular formula is C15H20ClFO2. The van der Waals surface area contributed by atoms with Crippen LogP contribution in [0, 0.1) is 5.82 Å². The topological polar surface area (TPSA) is 18.5 Å². The first kappa shape index (κ1) is 15.8. The molecule has 0 saturated carbocycles. The third kappa shape index (κ3) is 5.11. The van der Waals surface area contributed by atoms with Crippen LogP contribution >= 0.6 is 11.6 Å². The first-order valence-electron chi connectivity index (χ1n) is 6.55. The molecule has 0 N–H and O–H groups in total. The van der Waals surface area contributed by atoms with E-state index in [0.29, 0.717) is 12.4 Å². The molecule has 0 unspecified atom stereocenters. The molecule has 0 aliphatic heterocycles. The highest BCUT2D eigenvalue weighted by molar-refractivity contribution is 6.32. The van der Waals surface area contributed by atoms with Crippen molar-refractivity contribution in [3.8, 4) is 11.5 Å². The zero-order valence-corrected chi connectivity index (χ0v) is 12.0. The lowest BCUT2D eigenvalue weighted by Gasteiger charge is -2.11. The van der Waals surface area contributed by atoms with Crippen LogP contribution < -0.4 is 9.47 Å². The van der Waals surface area contributed by atoms with Gasteiger partial charge in [0.05, 0.1) is 6.61 Å². The van der Waals surface area contributed by atoms with Crippen molar-refractivity contribution in [2.75, 3.05) is 13.2 Å². The molecule has 2 nitrogen and oxygen atoms in total. The van der Waals surface area contributed by atoms with Gasteiger partial charge in [-0.1, -0.05) is 50.4 Å². The van der Waals surface area contributed by atoms with Crippen molar-refractivity contribution in [2.45, 2.75) is 32.6 Å². The van der Waals surface area contributed by atoms with Gasteiger partial charge in [-0.3, -0.25) is 0 Å². The van der Waals surface area contributed by atoms with E-state index in [9.17, 15) is 4.39 Å². The van der Waals surface area contributed by atoms with Crippen molar-refractivity contribution in [3.05, 3.63) is 35.6 Å². The smallest absolute Gasteiger partial charge is 0.187 e. The average molecular weight is 287 g/mol. The molecule has 0 spiro atoms. The molecule has 0 fully saturated rings. The van der Waals surface area contributed by atoms with Crippen LogP contribution in [0.4, 0.5) is 4.39 Å². The minimum absolute atomic E-state index is 0.0482. The molecule has 19 heavy (non-hydrogen) atoms. The van der Waals surface area contributed by atoms with E-state index in [1.807, 2.05) is 0 Å². The Labute approximate surface area is 119 Å². The van der Waals surface area contributed by atoms with Crippen molar-refractivity contribution < 1.29 is 13.9 Å². The van der Waals surface area contributed by atoms with Crippen LogP contribution in [-0.2, 0) is 0 Å². The van der Waals surface area contributed by atoms with Gasteiger partial charge >= 0.3 is 0 Å². The molecule has 106 valence electrons. The number of ether oxygens (including phenoxy) is 2. The van der Waals surface area contributed by atoms with E-state index < -0.39 is 5.82 Å². The van der Waals surface area contributed by atoms with E-state index in [1.54, 1.807) is 18.2 Å². The summed E-state index contributed by atoms with van der Waals surface area (Å²) in [5.41, 5.74) is 0. The number of unbranched alkanes of at least 4 members (excludes halogenated alkanes) is 3. The predicted molar refractivity (Wildman–Crippen MR) is 76.7 cm³/mol. The maximum atomic E-state index is 13.9. The Morgan fingerprint density at radius 3 is 2.63 bits per heavy atom. The summed E-state index contributed by atoms with van der Waals surface area (Å²) in [6.45, 7) is 6.45. The van der Waals surface area contributed by atoms with E-state index in [-0.39, 0.29) is 17.4 Å². The van der Waals surface area contributed by atoms with E-state index in [1.165, 1.54) is 6.42 Å². The van der Waals surface area contributed by atoms with Crippen LogP contribution in [0.25, 0.3) is 0 Å². The molecule has 0 aromatic heterocycles. The normalized spacial score (nSPS) is 10.3. The number of rotatable bonds is 9. The van der Waals surface area contributed by atoms with Crippen molar-refractivity contribution in [1.29, 1.82) is 0 Å². The van der Waals surface area contributed by atoms with Gasteiger partial charge < -0.3 is 9.47 Å². The first-order chi connectivity index (χ1) is 9.20. The Morgan fingerprint density at radius 1 is 1.21 bits per heavy atom. The molecule has 0 bridgehead atoms. The summed E-state index contributed by atoms with van der Waals surface area (Å²) in [6, 6.07) is 3.15. The third-order valence-electron chi connectivity index (χ3n) is 2.62. The van der Waals surface area contributed by atoms with Crippen molar-refractivity contribution in [3.63, 3.8) is 0 Å². The van der Waals surface area contributed by atoms with Gasteiger partial charge in [0.1, 0.15) is 17.4 Å². The van der Waals surface area contributed by atoms with Crippen LogP contribution in [0.3, 0.4) is 0 Å². The fourth-order valence-corrected chi connectivity index (χ4v) is 1.81. The Bertz CT molecular complexity index is 407. The lowest BCUT2D eigenvalue weighted by molar-refractivity contribution is 0.288. The molecule has 0 heterocycles. The maximum Gasteiger partial charge on any atom is 0.187 e. The zero-order valence-electron chi connectivity index (χ0n) is 11.3. The molecule has 4 heteroatoms. The van der Waals surface area contributed by atoms with Crippen molar-refractivity contribution in [2.24, 2.45) is 0 Å². The van der Waals surface area contributed by atoms with Gasteiger partial charge in [-0.25, -0.2) is 4.39 Å². The van der Waals surface area contributed by atoms with Gasteiger partial charge in [0.15, 0.2) is 11.6 Å². The second-order valence-corrected chi connectivity index (χ2v) is 4.58. The van der Waals surface area contributed by atoms with E-state index in [2.05, 4.69) is 13.5 Å². The number of halogens is 2. The monoisotopic (exact) mass is 286 g/mol. The lowest BCUT2D eigenvalue weighted by atomic mass is 10.2. The minimum atomic E-state index is -0.571. The summed E-state index contributed by atoms with van der Waals surface area (Å²) in [5.74, 6) is -0.0939. The molecule has 1 aromatic carbocycles. The number of benzene rings is 1. The maximum absolute atomic E-state index is 13.9. The summed E-state index contributed by atoms with van der Waals surface area (Å²) < 4.78 is 24.5. The molecule has 0 amide bonds. The highest BCUT2D eigenvalue weighted by Crippen LogP contribution is 2.33. The largest absolute Gasteiger partial charge is 0.490 e. The first-order valence-corrected chi connectivity index (χ1v) is 6.93. The highest BCUT2D eigenvalue weighted by Gasteiger charge is 2.13. The SMILES string of the molecule is C=CCOc1ccc(OCCCCCC)c(F)c1Cl. The fourth-order valence-electron chi connectivity index (χ4n) is 1.60. The fraction of sp³-hybridized carbons (Fsp3) is 0.467. The van der Waals surface area contributed by atoms with E-state index >= 15 is 0 Å². The van der Waals surface area contributed by atoms with E-state index in [0.717, 1.165) is 19.3 Å². The molecule has 0 aliphatic carbocycles. The Kier molecular flexibility index (Phi) is 7.34. The van der Waals surface area contributed by atoms with Gasteiger partial charge in [-0.2, -0.15) is 0 Å². The van der Waals surface area contributed by atoms with Crippen LogP contribution in [0.5, 0.6) is 11.5 Å². The molecule has 1 rings (SSSR count). The molecule has 1 aromatic rings. The van der Waals surface area contributed by atoms with Gasteiger partial charge in [0.25, 0.3) is 0 Å². The number of hydrogen-bond acceptors (Lipinski definition) is 2. The molecule has 0 aliphatic rings. The van der Waals surface area contributed by atoms with Crippen LogP contribution in [-0.4, -0.2) is 13.2 Å². The minimum Gasteiger partial charge on any atom is -0.490 e. The quantitative estimate of drug-likeness (QED) is 0.470. The predicted octanol–water partition coefficient (Wildman–Crippen LogP) is 5.00. The third-order valence-corrected chi connectivity index (χ3v) is 2.98. The molecular weight excluding hydrogens is 267 g/mol. The molecule has 0 saturated heterocycles. The second-order valence-electron chi connectivity index (χ2n) is 4.20. The number of hydrogen-bond donors (Lipinski definition) is 0. The summed E-state index contributed by atoms with van der Waals surface area (Å²) in [7, 11) is 0. The summed E-state index contributed by atoms with van der Waals surface area (Å²) >= 11 is 5.88. The Hall–Kier alpha value is -1.22. The summed E-state index contributed by atoms with van der Waals surface area (Å²) in [4.78, 5) is 0. The molecule has 0 atom stereocenters. The summed E-state index contributed by atoms with van der Waals surface area (Å²) in [5, 5.41) is -0.0482. The van der Waals surface area contributed by atoms with E-state index in [4.69, 9.17) is 21.1 Å². The van der Waals surface area contributed by atoms with Crippen LogP contribution in [0.1, 0.15) is 32.6 Å². The Balaban J connectivity index is 2.55. The van der Waals surface area contributed by atoms with Crippen molar-refractivity contribution in [1.82, 2.24) is 0 Å².